The maximum atomic E-state index is 6.28. The molecule has 6 heteroatoms. The lowest BCUT2D eigenvalue weighted by atomic mass is 10.0. The molecule has 5 nitrogen and oxygen atoms in total. The molecule has 138 valence electrons. The molecular weight excluding hydrogens is 435 g/mol. The monoisotopic (exact) mass is 460 g/mol. The second-order valence-corrected chi connectivity index (χ2v) is 8.24. The lowest BCUT2D eigenvalue weighted by molar-refractivity contribution is -0.232. The van der Waals surface area contributed by atoms with E-state index in [2.05, 4.69) is 34.7 Å². The summed E-state index contributed by atoms with van der Waals surface area (Å²) in [6.45, 7) is 4.35. The minimum Gasteiger partial charge on any atom is -0.371 e. The molecule has 3 saturated heterocycles. The summed E-state index contributed by atoms with van der Waals surface area (Å²) >= 11 is 2.38. The molecule has 3 aliphatic heterocycles. The SMILES string of the molecule is CC1(C)O[C@H]2O[C@H]([C@@H]3CC[C@@H](CI)O3)[C@H](OCc3ccccc3)[C@H]2O1. The van der Waals surface area contributed by atoms with Crippen molar-refractivity contribution in [1.82, 2.24) is 0 Å². The number of alkyl halides is 1. The van der Waals surface area contributed by atoms with Crippen LogP contribution in [0.25, 0.3) is 0 Å². The molecule has 0 radical (unpaired) electrons. The lowest BCUT2D eigenvalue weighted by Gasteiger charge is -2.29. The highest BCUT2D eigenvalue weighted by atomic mass is 127. The van der Waals surface area contributed by atoms with Crippen LogP contribution in [0, 0.1) is 0 Å². The number of hydrogen-bond donors (Lipinski definition) is 0. The third kappa shape index (κ3) is 3.89. The zero-order valence-corrected chi connectivity index (χ0v) is 16.8. The van der Waals surface area contributed by atoms with Crippen molar-refractivity contribution < 1.29 is 23.7 Å². The molecule has 3 aliphatic rings. The molecule has 1 aromatic rings. The van der Waals surface area contributed by atoms with Crippen LogP contribution in [0.1, 0.15) is 32.3 Å². The Balaban J connectivity index is 1.48. The second kappa shape index (κ2) is 7.40. The lowest BCUT2D eigenvalue weighted by Crippen LogP contribution is -2.42. The van der Waals surface area contributed by atoms with Gasteiger partial charge in [-0.05, 0) is 32.3 Å². The molecular formula is C19H25IO5. The molecule has 3 heterocycles. The Morgan fingerprint density at radius 1 is 1.08 bits per heavy atom. The van der Waals surface area contributed by atoms with Gasteiger partial charge in [-0.2, -0.15) is 0 Å². The van der Waals surface area contributed by atoms with Crippen molar-refractivity contribution in [3.05, 3.63) is 35.9 Å². The first-order chi connectivity index (χ1) is 12.1. The molecule has 0 spiro atoms. The molecule has 0 aliphatic carbocycles. The van der Waals surface area contributed by atoms with E-state index in [0.717, 1.165) is 22.8 Å². The number of fused-ring (bicyclic) bond motifs is 1. The first-order valence-electron chi connectivity index (χ1n) is 8.94. The summed E-state index contributed by atoms with van der Waals surface area (Å²) in [6, 6.07) is 10.2. The Labute approximate surface area is 162 Å². The number of rotatable bonds is 5. The fraction of sp³-hybridized carbons (Fsp3) is 0.684. The molecule has 0 N–H and O–H groups in total. The Hall–Kier alpha value is -0.250. The van der Waals surface area contributed by atoms with Crippen LogP contribution < -0.4 is 0 Å². The van der Waals surface area contributed by atoms with Gasteiger partial charge >= 0.3 is 0 Å². The normalized spacial score (nSPS) is 39.6. The fourth-order valence-electron chi connectivity index (χ4n) is 3.85. The van der Waals surface area contributed by atoms with Gasteiger partial charge in [-0.1, -0.05) is 52.9 Å². The first-order valence-corrected chi connectivity index (χ1v) is 10.5. The van der Waals surface area contributed by atoms with E-state index in [1.165, 1.54) is 0 Å². The molecule has 0 aromatic heterocycles. The maximum absolute atomic E-state index is 6.28. The van der Waals surface area contributed by atoms with E-state index in [0.29, 0.717) is 12.7 Å². The van der Waals surface area contributed by atoms with Gasteiger partial charge in [0.05, 0.1) is 18.8 Å². The third-order valence-corrected chi connectivity index (χ3v) is 5.97. The summed E-state index contributed by atoms with van der Waals surface area (Å²) in [5, 5.41) is 0. The molecule has 0 saturated carbocycles. The van der Waals surface area contributed by atoms with E-state index in [1.54, 1.807) is 0 Å². The van der Waals surface area contributed by atoms with Crippen molar-refractivity contribution in [2.45, 2.75) is 75.9 Å². The van der Waals surface area contributed by atoms with Gasteiger partial charge in [0, 0.05) is 4.43 Å². The predicted octanol–water partition coefficient (Wildman–Crippen LogP) is 3.43. The van der Waals surface area contributed by atoms with Crippen molar-refractivity contribution in [3.63, 3.8) is 0 Å². The number of halogens is 1. The zero-order chi connectivity index (χ0) is 17.4. The summed E-state index contributed by atoms with van der Waals surface area (Å²) in [7, 11) is 0. The Morgan fingerprint density at radius 3 is 2.60 bits per heavy atom. The average Bonchev–Trinajstić information content (AvgIpc) is 3.26. The highest BCUT2D eigenvalue weighted by molar-refractivity contribution is 14.1. The van der Waals surface area contributed by atoms with Crippen molar-refractivity contribution in [1.29, 1.82) is 0 Å². The first kappa shape index (κ1) is 18.1. The van der Waals surface area contributed by atoms with Crippen LogP contribution in [0.5, 0.6) is 0 Å². The number of benzene rings is 1. The van der Waals surface area contributed by atoms with Gasteiger partial charge in [0.25, 0.3) is 0 Å². The Morgan fingerprint density at radius 2 is 1.88 bits per heavy atom. The van der Waals surface area contributed by atoms with E-state index in [1.807, 2.05) is 32.0 Å². The number of hydrogen-bond acceptors (Lipinski definition) is 5. The van der Waals surface area contributed by atoms with Crippen LogP contribution in [0.2, 0.25) is 0 Å². The largest absolute Gasteiger partial charge is 0.371 e. The van der Waals surface area contributed by atoms with E-state index in [4.69, 9.17) is 23.7 Å². The van der Waals surface area contributed by atoms with Crippen molar-refractivity contribution in [3.8, 4) is 0 Å². The molecule has 25 heavy (non-hydrogen) atoms. The average molecular weight is 460 g/mol. The molecule has 0 unspecified atom stereocenters. The van der Waals surface area contributed by atoms with Crippen LogP contribution in [-0.2, 0) is 30.3 Å². The van der Waals surface area contributed by atoms with Gasteiger partial charge < -0.3 is 23.7 Å². The summed E-state index contributed by atoms with van der Waals surface area (Å²) in [6.07, 6.45) is 1.47. The Bertz CT molecular complexity index is 580. The molecule has 0 bridgehead atoms. The topological polar surface area (TPSA) is 46.2 Å². The summed E-state index contributed by atoms with van der Waals surface area (Å²) < 4.78 is 31.7. The van der Waals surface area contributed by atoms with Gasteiger partial charge in [-0.3, -0.25) is 0 Å². The van der Waals surface area contributed by atoms with E-state index < -0.39 is 5.79 Å². The van der Waals surface area contributed by atoms with E-state index >= 15 is 0 Å². The highest BCUT2D eigenvalue weighted by Crippen LogP contribution is 2.42. The van der Waals surface area contributed by atoms with E-state index in [9.17, 15) is 0 Å². The quantitative estimate of drug-likeness (QED) is 0.498. The van der Waals surface area contributed by atoms with Crippen LogP contribution in [0.15, 0.2) is 30.3 Å². The molecule has 0 amide bonds. The second-order valence-electron chi connectivity index (χ2n) is 7.36. The highest BCUT2D eigenvalue weighted by Gasteiger charge is 2.58. The molecule has 1 aromatic carbocycles. The summed E-state index contributed by atoms with van der Waals surface area (Å²) in [5.74, 6) is -0.643. The third-order valence-electron chi connectivity index (χ3n) is 4.99. The van der Waals surface area contributed by atoms with Gasteiger partial charge in [0.15, 0.2) is 12.1 Å². The molecule has 3 fully saturated rings. The van der Waals surface area contributed by atoms with Gasteiger partial charge in [0.1, 0.15) is 18.3 Å². The maximum Gasteiger partial charge on any atom is 0.190 e. The van der Waals surface area contributed by atoms with Crippen LogP contribution in [0.3, 0.4) is 0 Å². The fourth-order valence-corrected chi connectivity index (χ4v) is 4.50. The van der Waals surface area contributed by atoms with Crippen molar-refractivity contribution in [2.24, 2.45) is 0 Å². The van der Waals surface area contributed by atoms with Crippen LogP contribution in [0.4, 0.5) is 0 Å². The summed E-state index contributed by atoms with van der Waals surface area (Å²) in [5.41, 5.74) is 1.14. The minimum absolute atomic E-state index is 0.0430. The zero-order valence-electron chi connectivity index (χ0n) is 14.6. The Kier molecular flexibility index (Phi) is 5.37. The van der Waals surface area contributed by atoms with Crippen LogP contribution >= 0.6 is 22.6 Å². The number of ether oxygens (including phenoxy) is 5. The minimum atomic E-state index is -0.643. The standard InChI is InChI=1S/C19H25IO5/c1-19(2)24-17-16(21-11-12-6-4-3-5-7-12)15(23-18(17)25-19)14-9-8-13(10-20)22-14/h3-7,13-18H,8-11H2,1-2H3/t13-,14-,15+,16-,17+,18+/m0/s1. The summed E-state index contributed by atoms with van der Waals surface area (Å²) in [4.78, 5) is 0. The molecule has 6 atom stereocenters. The van der Waals surface area contributed by atoms with Crippen LogP contribution in [-0.4, -0.2) is 47.0 Å². The van der Waals surface area contributed by atoms with Gasteiger partial charge in [0.2, 0.25) is 0 Å². The van der Waals surface area contributed by atoms with Crippen molar-refractivity contribution in [2.75, 3.05) is 4.43 Å². The molecule has 4 rings (SSSR count). The predicted molar refractivity (Wildman–Crippen MR) is 100 cm³/mol. The van der Waals surface area contributed by atoms with Gasteiger partial charge in [-0.15, -0.1) is 0 Å². The van der Waals surface area contributed by atoms with Gasteiger partial charge in [-0.25, -0.2) is 0 Å². The van der Waals surface area contributed by atoms with Crippen molar-refractivity contribution >= 4 is 22.6 Å². The smallest absolute Gasteiger partial charge is 0.190 e. The van der Waals surface area contributed by atoms with E-state index in [-0.39, 0.29) is 30.7 Å².